The van der Waals surface area contributed by atoms with Crippen LogP contribution in [0.25, 0.3) is 0 Å². The highest BCUT2D eigenvalue weighted by Gasteiger charge is 2.58. The fraction of sp³-hybridized carbons (Fsp3) is 0.571. The molecule has 112 valence electrons. The molecule has 2 aliphatic rings. The van der Waals surface area contributed by atoms with Crippen LogP contribution in [0.1, 0.15) is 43.7 Å². The van der Waals surface area contributed by atoms with Gasteiger partial charge in [0.25, 0.3) is 0 Å². The Balaban J connectivity index is 0.00000147. The molecule has 0 aromatic heterocycles. The number of fused-ring (bicyclic) bond motifs is 2. The average molecular weight is 326 g/mol. The van der Waals surface area contributed by atoms with Crippen molar-refractivity contribution in [2.75, 3.05) is 0 Å². The molecule has 20 heavy (non-hydrogen) atoms. The maximum atomic E-state index is 14.2. The van der Waals surface area contributed by atoms with E-state index in [2.05, 4.69) is 0 Å². The minimum Gasteiger partial charge on any atom is -0.323 e. The molecule has 0 amide bonds. The fourth-order valence-corrected chi connectivity index (χ4v) is 3.90. The number of hydrogen-bond donors (Lipinski definition) is 1. The van der Waals surface area contributed by atoms with E-state index in [-0.39, 0.29) is 23.0 Å². The second-order valence-electron chi connectivity index (χ2n) is 5.92. The van der Waals surface area contributed by atoms with Gasteiger partial charge in [-0.05, 0) is 49.7 Å². The molecule has 0 radical (unpaired) electrons. The Labute approximate surface area is 127 Å². The number of nitrogens with two attached hydrogens (primary N) is 1. The second kappa shape index (κ2) is 5.08. The topological polar surface area (TPSA) is 26.0 Å². The normalized spacial score (nSPS) is 33.0. The monoisotopic (exact) mass is 325 g/mol. The lowest BCUT2D eigenvalue weighted by molar-refractivity contribution is 0.175. The highest BCUT2D eigenvalue weighted by atomic mass is 35.5. The summed E-state index contributed by atoms with van der Waals surface area (Å²) in [7, 11) is 0. The van der Waals surface area contributed by atoms with Crippen molar-refractivity contribution < 1.29 is 13.2 Å². The van der Waals surface area contributed by atoms with Crippen molar-refractivity contribution in [3.05, 3.63) is 34.4 Å². The van der Waals surface area contributed by atoms with E-state index in [0.29, 0.717) is 32.1 Å². The maximum absolute atomic E-state index is 14.2. The number of alkyl halides is 1. The van der Waals surface area contributed by atoms with Crippen molar-refractivity contribution in [1.29, 1.82) is 0 Å². The first-order valence-corrected chi connectivity index (χ1v) is 6.83. The van der Waals surface area contributed by atoms with E-state index in [9.17, 15) is 13.2 Å². The first-order valence-electron chi connectivity index (χ1n) is 6.45. The lowest BCUT2D eigenvalue weighted by atomic mass is 9.74. The third-order valence-electron chi connectivity index (χ3n) is 4.86. The van der Waals surface area contributed by atoms with Crippen LogP contribution in [0.2, 0.25) is 5.02 Å². The van der Waals surface area contributed by atoms with Crippen molar-refractivity contribution >= 4 is 24.0 Å². The smallest absolute Gasteiger partial charge is 0.149 e. The van der Waals surface area contributed by atoms with Crippen molar-refractivity contribution in [2.24, 2.45) is 11.1 Å². The van der Waals surface area contributed by atoms with Crippen molar-refractivity contribution in [3.8, 4) is 0 Å². The van der Waals surface area contributed by atoms with Crippen molar-refractivity contribution in [3.63, 3.8) is 0 Å². The Morgan fingerprint density at radius 3 is 2.25 bits per heavy atom. The Hall–Kier alpha value is -0.450. The van der Waals surface area contributed by atoms with E-state index in [1.54, 1.807) is 0 Å². The summed E-state index contributed by atoms with van der Waals surface area (Å²) in [6, 6.07) is 1.44. The Morgan fingerprint density at radius 1 is 1.15 bits per heavy atom. The number of rotatable bonds is 2. The van der Waals surface area contributed by atoms with Gasteiger partial charge >= 0.3 is 0 Å². The summed E-state index contributed by atoms with van der Waals surface area (Å²) in [6.07, 6.45) is 2.33. The van der Waals surface area contributed by atoms with Gasteiger partial charge in [-0.25, -0.2) is 13.2 Å². The van der Waals surface area contributed by atoms with Crippen LogP contribution in [0.3, 0.4) is 0 Å². The van der Waals surface area contributed by atoms with E-state index >= 15 is 0 Å². The molecule has 2 N–H and O–H groups in total. The van der Waals surface area contributed by atoms with E-state index in [1.165, 1.54) is 6.07 Å². The summed E-state index contributed by atoms with van der Waals surface area (Å²) >= 11 is 5.69. The van der Waals surface area contributed by atoms with E-state index in [4.69, 9.17) is 17.3 Å². The quantitative estimate of drug-likeness (QED) is 0.783. The van der Waals surface area contributed by atoms with Gasteiger partial charge in [0, 0.05) is 11.6 Å². The Morgan fingerprint density at radius 2 is 1.75 bits per heavy atom. The largest absolute Gasteiger partial charge is 0.323 e. The molecule has 1 unspecified atom stereocenters. The fourth-order valence-electron chi connectivity index (χ4n) is 3.74. The average Bonchev–Trinajstić information content (AvgIpc) is 2.89. The molecular formula is C14H16Cl2F3N. The highest BCUT2D eigenvalue weighted by molar-refractivity contribution is 6.30. The molecule has 3 rings (SSSR count). The summed E-state index contributed by atoms with van der Waals surface area (Å²) in [5.74, 6) is -1.51. The molecule has 0 saturated heterocycles. The van der Waals surface area contributed by atoms with Gasteiger partial charge in [0.05, 0.1) is 5.02 Å². The Bertz CT molecular complexity index is 527. The number of hydrogen-bond acceptors (Lipinski definition) is 1. The molecule has 0 spiro atoms. The zero-order valence-corrected chi connectivity index (χ0v) is 12.3. The molecule has 2 fully saturated rings. The van der Waals surface area contributed by atoms with Gasteiger partial charge in [0.1, 0.15) is 17.3 Å². The standard InChI is InChI=1S/C14H15ClF3N.ClH/c15-8-1-2-9(16)10(11(8)17)12(19)13-3-5-14(18,7-13)6-4-13;/h1-2,12H,3-7,19H2;1H. The van der Waals surface area contributed by atoms with Crippen LogP contribution in [-0.2, 0) is 0 Å². The van der Waals surface area contributed by atoms with Crippen LogP contribution in [-0.4, -0.2) is 5.67 Å². The van der Waals surface area contributed by atoms with Gasteiger partial charge in [-0.1, -0.05) is 11.6 Å². The van der Waals surface area contributed by atoms with Crippen molar-refractivity contribution in [2.45, 2.75) is 43.8 Å². The molecule has 6 heteroatoms. The van der Waals surface area contributed by atoms with Gasteiger partial charge in [-0.3, -0.25) is 0 Å². The van der Waals surface area contributed by atoms with Gasteiger partial charge in [0.2, 0.25) is 0 Å². The van der Waals surface area contributed by atoms with E-state index in [0.717, 1.165) is 6.07 Å². The molecule has 2 aliphatic carbocycles. The van der Waals surface area contributed by atoms with Gasteiger partial charge in [-0.2, -0.15) is 0 Å². The van der Waals surface area contributed by atoms with Crippen LogP contribution in [0.5, 0.6) is 0 Å². The lowest BCUT2D eigenvalue weighted by Gasteiger charge is -2.33. The summed E-state index contributed by atoms with van der Waals surface area (Å²) in [6.45, 7) is 0. The molecule has 1 nitrogen and oxygen atoms in total. The minimum absolute atomic E-state index is 0. The Kier molecular flexibility index (Phi) is 4.04. The van der Waals surface area contributed by atoms with Crippen LogP contribution < -0.4 is 5.73 Å². The predicted octanol–water partition coefficient (Wildman–Crippen LogP) is 4.71. The molecule has 0 aliphatic heterocycles. The minimum atomic E-state index is -1.19. The molecule has 0 heterocycles. The summed E-state index contributed by atoms with van der Waals surface area (Å²) in [5.41, 5.74) is 4.18. The van der Waals surface area contributed by atoms with Crippen molar-refractivity contribution in [1.82, 2.24) is 0 Å². The van der Waals surface area contributed by atoms with E-state index in [1.807, 2.05) is 0 Å². The first-order chi connectivity index (χ1) is 8.87. The SMILES string of the molecule is Cl.NC(c1c(F)ccc(Cl)c1F)C12CCC(F)(CC1)C2. The number of halogens is 5. The summed E-state index contributed by atoms with van der Waals surface area (Å²) < 4.78 is 42.1. The van der Waals surface area contributed by atoms with Gasteiger partial charge < -0.3 is 5.73 Å². The molecule has 1 aromatic carbocycles. The maximum Gasteiger partial charge on any atom is 0.149 e. The number of benzene rings is 1. The van der Waals surface area contributed by atoms with Crippen LogP contribution in [0.4, 0.5) is 13.2 Å². The van der Waals surface area contributed by atoms with Crippen LogP contribution in [0, 0.1) is 17.0 Å². The van der Waals surface area contributed by atoms with Crippen LogP contribution in [0.15, 0.2) is 12.1 Å². The van der Waals surface area contributed by atoms with Crippen LogP contribution >= 0.6 is 24.0 Å². The highest BCUT2D eigenvalue weighted by Crippen LogP contribution is 2.63. The molecule has 1 aromatic rings. The third kappa shape index (κ3) is 2.22. The third-order valence-corrected chi connectivity index (χ3v) is 5.15. The molecule has 1 atom stereocenters. The summed E-state index contributed by atoms with van der Waals surface area (Å²) in [4.78, 5) is 0. The molecular weight excluding hydrogens is 310 g/mol. The van der Waals surface area contributed by atoms with Gasteiger partial charge in [-0.15, -0.1) is 12.4 Å². The first kappa shape index (κ1) is 15.9. The molecule has 2 bridgehead atoms. The molecule has 2 saturated carbocycles. The second-order valence-corrected chi connectivity index (χ2v) is 6.33. The van der Waals surface area contributed by atoms with E-state index < -0.39 is 28.8 Å². The zero-order valence-electron chi connectivity index (χ0n) is 10.8. The zero-order chi connectivity index (χ0) is 13.8. The van der Waals surface area contributed by atoms with Gasteiger partial charge in [0.15, 0.2) is 0 Å². The summed E-state index contributed by atoms with van der Waals surface area (Å²) in [5, 5.41) is -0.147. The predicted molar refractivity (Wildman–Crippen MR) is 74.9 cm³/mol. The lowest BCUT2D eigenvalue weighted by Crippen LogP contribution is -2.32.